The van der Waals surface area contributed by atoms with Gasteiger partial charge in [-0.15, -0.1) is 0 Å². The van der Waals surface area contributed by atoms with Crippen LogP contribution < -0.4 is 9.64 Å². The second kappa shape index (κ2) is 12.5. The molecule has 39 heavy (non-hydrogen) atoms. The molecule has 0 aliphatic rings. The summed E-state index contributed by atoms with van der Waals surface area (Å²) in [5.41, 5.74) is 2.66. The molecule has 0 heterocycles. The van der Waals surface area contributed by atoms with E-state index in [1.54, 1.807) is 24.3 Å². The van der Waals surface area contributed by atoms with E-state index in [0.29, 0.717) is 30.1 Å². The van der Waals surface area contributed by atoms with E-state index in [1.165, 1.54) is 7.11 Å². The number of anilines is 2. The maximum atomic E-state index is 12.1. The third kappa shape index (κ3) is 5.91. The smallest absolute Gasteiger partial charge is 0.337 e. The Morgan fingerprint density at radius 3 is 2.33 bits per heavy atom. The Hall–Kier alpha value is -4.30. The first-order chi connectivity index (χ1) is 18.9. The summed E-state index contributed by atoms with van der Waals surface area (Å²) >= 11 is 0. The number of carbonyl (C=O) groups excluding carboxylic acids is 2. The molecule has 8 heteroatoms. The summed E-state index contributed by atoms with van der Waals surface area (Å²) in [5.74, 6) is 0.349. The van der Waals surface area contributed by atoms with E-state index in [9.17, 15) is 14.7 Å². The number of methoxy groups -OCH3 is 1. The molecule has 8 nitrogen and oxygen atoms in total. The molecule has 1 N–H and O–H groups in total. The highest BCUT2D eigenvalue weighted by atomic mass is 16.5. The number of hydrogen-bond acceptors (Lipinski definition) is 8. The third-order valence-corrected chi connectivity index (χ3v) is 6.96. The Balaban J connectivity index is 1.84. The van der Waals surface area contributed by atoms with Gasteiger partial charge in [0.05, 0.1) is 24.0 Å². The number of likely N-dealkylation sites (N-methyl/N-ethyl adjacent to an activating group) is 1. The van der Waals surface area contributed by atoms with Crippen LogP contribution in [-0.4, -0.2) is 62.8 Å². The van der Waals surface area contributed by atoms with Crippen molar-refractivity contribution in [2.45, 2.75) is 20.5 Å². The van der Waals surface area contributed by atoms with E-state index < -0.39 is 5.97 Å². The van der Waals surface area contributed by atoms with Crippen LogP contribution in [0, 0.1) is 0 Å². The predicted octanol–water partition coefficient (Wildman–Crippen LogP) is 5.65. The lowest BCUT2D eigenvalue weighted by Crippen LogP contribution is -2.28. The molecule has 0 aliphatic heterocycles. The van der Waals surface area contributed by atoms with Crippen molar-refractivity contribution in [3.63, 3.8) is 0 Å². The van der Waals surface area contributed by atoms with Crippen LogP contribution in [0.1, 0.15) is 29.8 Å². The summed E-state index contributed by atoms with van der Waals surface area (Å²) in [6.07, 6.45) is 0. The summed E-state index contributed by atoms with van der Waals surface area (Å²) in [6.45, 7) is 8.03. The lowest BCUT2D eigenvalue weighted by atomic mass is 10.0. The Labute approximate surface area is 228 Å². The van der Waals surface area contributed by atoms with Gasteiger partial charge in [-0.2, -0.15) is 0 Å². The molecule has 0 aliphatic carbocycles. The molecule has 204 valence electrons. The van der Waals surface area contributed by atoms with Crippen molar-refractivity contribution in [1.29, 1.82) is 0 Å². The van der Waals surface area contributed by atoms with Gasteiger partial charge in [-0.1, -0.05) is 44.2 Å². The first kappa shape index (κ1) is 27.7. The van der Waals surface area contributed by atoms with Gasteiger partial charge in [0.2, 0.25) is 0 Å². The van der Waals surface area contributed by atoms with E-state index >= 15 is 0 Å². The maximum Gasteiger partial charge on any atom is 0.337 e. The van der Waals surface area contributed by atoms with Gasteiger partial charge >= 0.3 is 5.97 Å². The van der Waals surface area contributed by atoms with Crippen molar-refractivity contribution < 1.29 is 28.9 Å². The number of carbonyl (C=O) groups is 2. The van der Waals surface area contributed by atoms with Gasteiger partial charge in [-0.05, 0) is 59.8 Å². The van der Waals surface area contributed by atoms with Crippen LogP contribution in [0.15, 0.2) is 60.7 Å². The van der Waals surface area contributed by atoms with Crippen LogP contribution >= 0.6 is 0 Å². The highest BCUT2D eigenvalue weighted by Gasteiger charge is 2.21. The fraction of sp³-hybridized carbons (Fsp3) is 0.290. The Bertz CT molecular complexity index is 1480. The number of rotatable bonds is 12. The van der Waals surface area contributed by atoms with Gasteiger partial charge in [0, 0.05) is 24.4 Å². The van der Waals surface area contributed by atoms with Crippen LogP contribution in [0.5, 0.6) is 11.5 Å². The SMILES string of the molecule is CCN(CC)CCOc1ccc2cc(COC=O)ccc2c1N(C)c1c(O)ccc2cc(C(=O)OC)ccc12. The van der Waals surface area contributed by atoms with Gasteiger partial charge < -0.3 is 29.1 Å². The fourth-order valence-corrected chi connectivity index (χ4v) is 4.86. The van der Waals surface area contributed by atoms with E-state index in [4.69, 9.17) is 14.2 Å². The topological polar surface area (TPSA) is 88.5 Å². The van der Waals surface area contributed by atoms with Crippen LogP contribution in [0.25, 0.3) is 21.5 Å². The minimum absolute atomic E-state index is 0.0953. The zero-order valence-corrected chi connectivity index (χ0v) is 22.8. The van der Waals surface area contributed by atoms with Crippen LogP contribution in [-0.2, 0) is 20.9 Å². The fourth-order valence-electron chi connectivity index (χ4n) is 4.86. The van der Waals surface area contributed by atoms with Gasteiger partial charge in [0.1, 0.15) is 24.7 Å². The maximum absolute atomic E-state index is 12.1. The quantitative estimate of drug-likeness (QED) is 0.186. The van der Waals surface area contributed by atoms with Crippen molar-refractivity contribution in [2.75, 3.05) is 45.3 Å². The highest BCUT2D eigenvalue weighted by molar-refractivity contribution is 6.06. The summed E-state index contributed by atoms with van der Waals surface area (Å²) < 4.78 is 16.2. The predicted molar refractivity (Wildman–Crippen MR) is 153 cm³/mol. The largest absolute Gasteiger partial charge is 0.506 e. The van der Waals surface area contributed by atoms with E-state index in [-0.39, 0.29) is 12.4 Å². The first-order valence-electron chi connectivity index (χ1n) is 13.0. The average Bonchev–Trinajstić information content (AvgIpc) is 2.96. The minimum atomic E-state index is -0.424. The minimum Gasteiger partial charge on any atom is -0.506 e. The molecule has 0 fully saturated rings. The second-order valence-electron chi connectivity index (χ2n) is 9.17. The number of hydrogen-bond donors (Lipinski definition) is 1. The molecule has 0 bridgehead atoms. The standard InChI is InChI=1S/C31H34N2O6/c1-5-33(6-2)15-16-39-28-14-10-22-17-21(19-38-20-34)7-11-26(22)30(28)32(3)29-25-12-8-24(31(36)37-4)18-23(25)9-13-27(29)35/h7-14,17-18,20,35H,5-6,15-16,19H2,1-4H3. The number of ether oxygens (including phenoxy) is 3. The number of fused-ring (bicyclic) bond motifs is 2. The van der Waals surface area contributed by atoms with Gasteiger partial charge in [0.15, 0.2) is 0 Å². The number of benzene rings is 4. The first-order valence-corrected chi connectivity index (χ1v) is 13.0. The molecule has 0 spiro atoms. The highest BCUT2D eigenvalue weighted by Crippen LogP contribution is 2.45. The molecule has 0 saturated carbocycles. The van der Waals surface area contributed by atoms with Crippen LogP contribution in [0.4, 0.5) is 11.4 Å². The molecule has 0 saturated heterocycles. The van der Waals surface area contributed by atoms with Crippen molar-refractivity contribution in [3.05, 3.63) is 71.8 Å². The Kier molecular flexibility index (Phi) is 8.88. The van der Waals surface area contributed by atoms with Crippen LogP contribution in [0.2, 0.25) is 0 Å². The van der Waals surface area contributed by atoms with Crippen LogP contribution in [0.3, 0.4) is 0 Å². The Morgan fingerprint density at radius 1 is 0.923 bits per heavy atom. The van der Waals surface area contributed by atoms with Crippen molar-refractivity contribution in [3.8, 4) is 11.5 Å². The summed E-state index contributed by atoms with van der Waals surface area (Å²) in [4.78, 5) is 27.0. The number of esters is 1. The number of phenolic OH excluding ortho intramolecular Hbond substituents is 1. The van der Waals surface area contributed by atoms with Gasteiger partial charge in [-0.3, -0.25) is 4.79 Å². The molecule has 0 atom stereocenters. The molecule has 4 aromatic carbocycles. The lowest BCUT2D eigenvalue weighted by Gasteiger charge is -2.27. The second-order valence-corrected chi connectivity index (χ2v) is 9.17. The Morgan fingerprint density at radius 2 is 1.62 bits per heavy atom. The normalized spacial score (nSPS) is 11.1. The van der Waals surface area contributed by atoms with Crippen molar-refractivity contribution >= 4 is 45.4 Å². The molecule has 4 rings (SSSR count). The zero-order valence-electron chi connectivity index (χ0n) is 22.8. The molecule has 4 aromatic rings. The van der Waals surface area contributed by atoms with Gasteiger partial charge in [-0.25, -0.2) is 4.79 Å². The number of aromatic hydroxyl groups is 1. The van der Waals surface area contributed by atoms with E-state index in [2.05, 4.69) is 18.7 Å². The molecule has 0 amide bonds. The molecule has 0 radical (unpaired) electrons. The molecule has 0 unspecified atom stereocenters. The number of phenols is 1. The molecular formula is C31H34N2O6. The molecule has 0 aromatic heterocycles. The summed E-state index contributed by atoms with van der Waals surface area (Å²) in [7, 11) is 3.24. The summed E-state index contributed by atoms with van der Waals surface area (Å²) in [6, 6.07) is 18.4. The lowest BCUT2D eigenvalue weighted by molar-refractivity contribution is -0.129. The van der Waals surface area contributed by atoms with Crippen molar-refractivity contribution in [2.24, 2.45) is 0 Å². The summed E-state index contributed by atoms with van der Waals surface area (Å²) in [5, 5.41) is 14.5. The zero-order chi connectivity index (χ0) is 27.9. The van der Waals surface area contributed by atoms with Gasteiger partial charge in [0.25, 0.3) is 6.47 Å². The monoisotopic (exact) mass is 530 g/mol. The third-order valence-electron chi connectivity index (χ3n) is 6.96. The van der Waals surface area contributed by atoms with Crippen molar-refractivity contribution in [1.82, 2.24) is 4.90 Å². The number of nitrogens with zero attached hydrogens (tertiary/aromatic N) is 2. The van der Waals surface area contributed by atoms with E-state index in [0.717, 1.165) is 52.4 Å². The molecular weight excluding hydrogens is 496 g/mol. The average molecular weight is 531 g/mol. The van der Waals surface area contributed by atoms with E-state index in [1.807, 2.05) is 48.3 Å².